The first kappa shape index (κ1) is 13.2. The van der Waals surface area contributed by atoms with Gasteiger partial charge in [-0.1, -0.05) is 6.07 Å². The zero-order chi connectivity index (χ0) is 13.7. The van der Waals surface area contributed by atoms with Crippen molar-refractivity contribution in [3.05, 3.63) is 48.4 Å². The van der Waals surface area contributed by atoms with Crippen molar-refractivity contribution in [2.75, 3.05) is 11.1 Å². The molecule has 0 unspecified atom stereocenters. The Bertz CT molecular complexity index is 581. The van der Waals surface area contributed by atoms with Crippen molar-refractivity contribution in [1.29, 1.82) is 0 Å². The fraction of sp³-hybridized carbons (Fsp3) is 0.0769. The number of nitrogens with two attached hydrogens (primary N) is 1. The molecular formula is C13H12N2O3S. The molecule has 6 heteroatoms. The Hall–Kier alpha value is -2.21. The second kappa shape index (κ2) is 6.10. The molecule has 1 heterocycles. The van der Waals surface area contributed by atoms with Crippen LogP contribution in [0.15, 0.2) is 52.0 Å². The molecule has 2 aromatic rings. The highest BCUT2D eigenvalue weighted by Gasteiger charge is 2.08. The lowest BCUT2D eigenvalue weighted by molar-refractivity contribution is -0.115. The zero-order valence-electron chi connectivity index (χ0n) is 9.96. The van der Waals surface area contributed by atoms with Crippen LogP contribution in [0.3, 0.4) is 0 Å². The van der Waals surface area contributed by atoms with Gasteiger partial charge in [0.1, 0.15) is 0 Å². The van der Waals surface area contributed by atoms with Gasteiger partial charge in [0.2, 0.25) is 5.91 Å². The SMILES string of the molecule is NC(=O)CSc1cccc(NC(=O)c2ccco2)c1. The van der Waals surface area contributed by atoms with E-state index in [2.05, 4.69) is 5.32 Å². The van der Waals surface area contributed by atoms with Gasteiger partial charge in [0.05, 0.1) is 12.0 Å². The monoisotopic (exact) mass is 276 g/mol. The molecule has 3 N–H and O–H groups in total. The van der Waals surface area contributed by atoms with Gasteiger partial charge in [0, 0.05) is 10.6 Å². The molecule has 2 rings (SSSR count). The molecule has 0 saturated carbocycles. The molecule has 0 bridgehead atoms. The number of furan rings is 1. The number of hydrogen-bond donors (Lipinski definition) is 2. The molecule has 5 nitrogen and oxygen atoms in total. The van der Waals surface area contributed by atoms with Crippen LogP contribution in [0.5, 0.6) is 0 Å². The van der Waals surface area contributed by atoms with E-state index >= 15 is 0 Å². The number of thioether (sulfide) groups is 1. The van der Waals surface area contributed by atoms with Crippen molar-refractivity contribution in [2.45, 2.75) is 4.90 Å². The minimum Gasteiger partial charge on any atom is -0.459 e. The van der Waals surface area contributed by atoms with Crippen molar-refractivity contribution < 1.29 is 14.0 Å². The van der Waals surface area contributed by atoms with Crippen molar-refractivity contribution in [1.82, 2.24) is 0 Å². The number of anilines is 1. The summed E-state index contributed by atoms with van der Waals surface area (Å²) in [6.45, 7) is 0. The molecule has 1 aromatic heterocycles. The van der Waals surface area contributed by atoms with Crippen LogP contribution in [-0.2, 0) is 4.79 Å². The summed E-state index contributed by atoms with van der Waals surface area (Å²) in [5, 5.41) is 2.71. The van der Waals surface area contributed by atoms with Gasteiger partial charge >= 0.3 is 0 Å². The number of carbonyl (C=O) groups is 2. The molecule has 0 saturated heterocycles. The molecule has 0 fully saturated rings. The average Bonchev–Trinajstić information content (AvgIpc) is 2.91. The fourth-order valence-electron chi connectivity index (χ4n) is 1.42. The molecule has 0 atom stereocenters. The molecule has 0 radical (unpaired) electrons. The Kier molecular flexibility index (Phi) is 4.25. The second-order valence-corrected chi connectivity index (χ2v) is 4.76. The molecule has 0 aliphatic carbocycles. The van der Waals surface area contributed by atoms with Gasteiger partial charge in [-0.2, -0.15) is 0 Å². The second-order valence-electron chi connectivity index (χ2n) is 3.71. The van der Waals surface area contributed by atoms with Gasteiger partial charge in [-0.05, 0) is 30.3 Å². The maximum atomic E-state index is 11.8. The summed E-state index contributed by atoms with van der Waals surface area (Å²) in [5.41, 5.74) is 5.72. The Morgan fingerprint density at radius 2 is 2.11 bits per heavy atom. The summed E-state index contributed by atoms with van der Waals surface area (Å²) in [6.07, 6.45) is 1.44. The van der Waals surface area contributed by atoms with E-state index in [-0.39, 0.29) is 23.3 Å². The van der Waals surface area contributed by atoms with Crippen LogP contribution in [0.4, 0.5) is 5.69 Å². The molecule has 1 aromatic carbocycles. The predicted octanol–water partition coefficient (Wildman–Crippen LogP) is 2.11. The Morgan fingerprint density at radius 1 is 1.26 bits per heavy atom. The minimum absolute atomic E-state index is 0.204. The molecule has 98 valence electrons. The number of benzene rings is 1. The number of nitrogens with one attached hydrogen (secondary N) is 1. The first-order valence-electron chi connectivity index (χ1n) is 5.51. The Morgan fingerprint density at radius 3 is 2.79 bits per heavy atom. The summed E-state index contributed by atoms with van der Waals surface area (Å²) >= 11 is 1.32. The van der Waals surface area contributed by atoms with Crippen LogP contribution in [0, 0.1) is 0 Å². The van der Waals surface area contributed by atoms with Crippen molar-refractivity contribution in [3.8, 4) is 0 Å². The van der Waals surface area contributed by atoms with Gasteiger partial charge in [0.15, 0.2) is 5.76 Å². The topological polar surface area (TPSA) is 85.3 Å². The maximum absolute atomic E-state index is 11.8. The molecule has 0 aliphatic heterocycles. The summed E-state index contributed by atoms with van der Waals surface area (Å²) < 4.78 is 5.00. The van der Waals surface area contributed by atoms with Gasteiger partial charge in [0.25, 0.3) is 5.91 Å². The lowest BCUT2D eigenvalue weighted by Crippen LogP contribution is -2.13. The Labute approximate surface area is 114 Å². The van der Waals surface area contributed by atoms with Crippen molar-refractivity contribution >= 4 is 29.3 Å². The smallest absolute Gasteiger partial charge is 0.291 e. The van der Waals surface area contributed by atoms with E-state index in [4.69, 9.17) is 10.2 Å². The van der Waals surface area contributed by atoms with Crippen LogP contribution in [0.1, 0.15) is 10.6 Å². The van der Waals surface area contributed by atoms with Crippen molar-refractivity contribution in [2.24, 2.45) is 5.73 Å². The zero-order valence-corrected chi connectivity index (χ0v) is 10.8. The summed E-state index contributed by atoms with van der Waals surface area (Å²) in [4.78, 5) is 23.3. The van der Waals surface area contributed by atoms with Crippen LogP contribution in [-0.4, -0.2) is 17.6 Å². The van der Waals surface area contributed by atoms with Crippen LogP contribution >= 0.6 is 11.8 Å². The first-order chi connectivity index (χ1) is 9.15. The van der Waals surface area contributed by atoms with E-state index in [1.807, 2.05) is 6.07 Å². The summed E-state index contributed by atoms with van der Waals surface area (Å²) in [7, 11) is 0. The third-order valence-corrected chi connectivity index (χ3v) is 3.23. The third-order valence-electron chi connectivity index (χ3n) is 2.22. The highest BCUT2D eigenvalue weighted by Crippen LogP contribution is 2.21. The van der Waals surface area contributed by atoms with E-state index in [9.17, 15) is 9.59 Å². The highest BCUT2D eigenvalue weighted by atomic mass is 32.2. The van der Waals surface area contributed by atoms with E-state index in [1.54, 1.807) is 30.3 Å². The first-order valence-corrected chi connectivity index (χ1v) is 6.50. The molecular weight excluding hydrogens is 264 g/mol. The van der Waals surface area contributed by atoms with E-state index in [0.29, 0.717) is 5.69 Å². The predicted molar refractivity (Wildman–Crippen MR) is 73.0 cm³/mol. The third kappa shape index (κ3) is 3.89. The number of hydrogen-bond acceptors (Lipinski definition) is 4. The largest absolute Gasteiger partial charge is 0.459 e. The number of rotatable bonds is 5. The molecule has 0 aliphatic rings. The minimum atomic E-state index is -0.380. The molecule has 2 amide bonds. The van der Waals surface area contributed by atoms with Crippen molar-refractivity contribution in [3.63, 3.8) is 0 Å². The molecule has 0 spiro atoms. The summed E-state index contributed by atoms with van der Waals surface area (Å²) in [6, 6.07) is 10.4. The van der Waals surface area contributed by atoms with Crippen LogP contribution < -0.4 is 11.1 Å². The van der Waals surface area contributed by atoms with Gasteiger partial charge in [-0.3, -0.25) is 9.59 Å². The summed E-state index contributed by atoms with van der Waals surface area (Å²) in [5.74, 6) is -0.248. The van der Waals surface area contributed by atoms with Gasteiger partial charge < -0.3 is 15.5 Å². The number of primary amides is 1. The van der Waals surface area contributed by atoms with E-state index < -0.39 is 0 Å². The number of amides is 2. The van der Waals surface area contributed by atoms with E-state index in [0.717, 1.165) is 4.90 Å². The van der Waals surface area contributed by atoms with Crippen LogP contribution in [0.25, 0.3) is 0 Å². The highest BCUT2D eigenvalue weighted by molar-refractivity contribution is 8.00. The lowest BCUT2D eigenvalue weighted by atomic mass is 10.3. The lowest BCUT2D eigenvalue weighted by Gasteiger charge is -2.05. The normalized spacial score (nSPS) is 10.1. The fourth-order valence-corrected chi connectivity index (χ4v) is 2.11. The standard InChI is InChI=1S/C13H12N2O3S/c14-12(16)8-19-10-4-1-3-9(7-10)15-13(17)11-5-2-6-18-11/h1-7H,8H2,(H2,14,16)(H,15,17). The Balaban J connectivity index is 2.02. The van der Waals surface area contributed by atoms with E-state index in [1.165, 1.54) is 18.0 Å². The number of carbonyl (C=O) groups excluding carboxylic acids is 2. The van der Waals surface area contributed by atoms with Gasteiger partial charge in [-0.15, -0.1) is 11.8 Å². The van der Waals surface area contributed by atoms with Gasteiger partial charge in [-0.25, -0.2) is 0 Å². The maximum Gasteiger partial charge on any atom is 0.291 e. The molecule has 19 heavy (non-hydrogen) atoms. The average molecular weight is 276 g/mol. The quantitative estimate of drug-likeness (QED) is 0.819. The van der Waals surface area contributed by atoms with Crippen LogP contribution in [0.2, 0.25) is 0 Å².